The van der Waals surface area contributed by atoms with Gasteiger partial charge in [0, 0.05) is 68.0 Å². The van der Waals surface area contributed by atoms with Gasteiger partial charge in [0.25, 0.3) is 0 Å². The van der Waals surface area contributed by atoms with E-state index in [1.807, 2.05) is 12.3 Å². The zero-order chi connectivity index (χ0) is 19.1. The number of aromatic nitrogens is 5. The van der Waals surface area contributed by atoms with E-state index < -0.39 is 5.95 Å². The highest BCUT2D eigenvalue weighted by Gasteiger charge is 2.28. The van der Waals surface area contributed by atoms with Crippen molar-refractivity contribution < 1.29 is 4.39 Å². The fourth-order valence-electron chi connectivity index (χ4n) is 3.77. The Morgan fingerprint density at radius 3 is 2.57 bits per heavy atom. The maximum atomic E-state index is 14.2. The SMILES string of the molecule is CC1c2cnc(-c3ncccn3)nc2CCN1c1cc(N2CCC2)cc(F)n1. The van der Waals surface area contributed by atoms with Gasteiger partial charge in [0.05, 0.1) is 11.7 Å². The van der Waals surface area contributed by atoms with Gasteiger partial charge < -0.3 is 9.80 Å². The molecule has 0 radical (unpaired) electrons. The van der Waals surface area contributed by atoms with Crippen molar-refractivity contribution in [1.29, 1.82) is 0 Å². The molecule has 0 saturated carbocycles. The van der Waals surface area contributed by atoms with Crippen molar-refractivity contribution in [2.24, 2.45) is 0 Å². The molecule has 0 aliphatic carbocycles. The third kappa shape index (κ3) is 2.94. The molecule has 3 aromatic rings. The summed E-state index contributed by atoms with van der Waals surface area (Å²) in [6, 6.07) is 5.27. The average Bonchev–Trinajstić information content (AvgIpc) is 2.67. The van der Waals surface area contributed by atoms with Crippen molar-refractivity contribution >= 4 is 11.5 Å². The third-order valence-corrected chi connectivity index (χ3v) is 5.45. The lowest BCUT2D eigenvalue weighted by atomic mass is 9.99. The summed E-state index contributed by atoms with van der Waals surface area (Å²) in [5.74, 6) is 1.27. The molecule has 1 saturated heterocycles. The number of hydrogen-bond acceptors (Lipinski definition) is 7. The first-order valence-corrected chi connectivity index (χ1v) is 9.51. The predicted octanol–water partition coefficient (Wildman–Crippen LogP) is 2.80. The average molecular weight is 377 g/mol. The second kappa shape index (κ2) is 6.78. The molecule has 0 bridgehead atoms. The first kappa shape index (κ1) is 17.0. The summed E-state index contributed by atoms with van der Waals surface area (Å²) < 4.78 is 14.2. The second-order valence-electron chi connectivity index (χ2n) is 7.13. The van der Waals surface area contributed by atoms with Crippen molar-refractivity contribution in [2.45, 2.75) is 25.8 Å². The maximum absolute atomic E-state index is 14.2. The molecule has 142 valence electrons. The molecule has 3 aromatic heterocycles. The lowest BCUT2D eigenvalue weighted by molar-refractivity contribution is 0.557. The molecule has 2 aliphatic rings. The quantitative estimate of drug-likeness (QED) is 0.650. The molecule has 8 heteroatoms. The third-order valence-electron chi connectivity index (χ3n) is 5.45. The highest BCUT2D eigenvalue weighted by Crippen LogP contribution is 2.34. The van der Waals surface area contributed by atoms with Crippen LogP contribution >= 0.6 is 0 Å². The molecule has 0 aromatic carbocycles. The van der Waals surface area contributed by atoms with Gasteiger partial charge in [0.1, 0.15) is 5.82 Å². The summed E-state index contributed by atoms with van der Waals surface area (Å²) in [7, 11) is 0. The van der Waals surface area contributed by atoms with Crippen LogP contribution < -0.4 is 9.80 Å². The minimum Gasteiger partial charge on any atom is -0.371 e. The Bertz CT molecular complexity index is 1010. The molecule has 28 heavy (non-hydrogen) atoms. The van der Waals surface area contributed by atoms with Gasteiger partial charge >= 0.3 is 0 Å². The summed E-state index contributed by atoms with van der Waals surface area (Å²) in [5.41, 5.74) is 2.92. The van der Waals surface area contributed by atoms with Crippen molar-refractivity contribution in [2.75, 3.05) is 29.4 Å². The smallest absolute Gasteiger partial charge is 0.216 e. The molecule has 0 spiro atoms. The Morgan fingerprint density at radius 1 is 1.00 bits per heavy atom. The van der Waals surface area contributed by atoms with Crippen molar-refractivity contribution in [3.63, 3.8) is 0 Å². The molecule has 1 atom stereocenters. The molecule has 7 nitrogen and oxygen atoms in total. The Labute approximate surface area is 162 Å². The lowest BCUT2D eigenvalue weighted by Gasteiger charge is -2.37. The van der Waals surface area contributed by atoms with Crippen LogP contribution in [0.3, 0.4) is 0 Å². The first-order valence-electron chi connectivity index (χ1n) is 9.51. The zero-order valence-electron chi connectivity index (χ0n) is 15.6. The standard InChI is InChI=1S/C20H20FN7/c1-13-15-12-24-20(19-22-5-2-6-23-19)25-16(15)4-9-28(13)18-11-14(10-17(21)26-18)27-7-3-8-27/h2,5-6,10-13H,3-4,7-9H2,1H3. The molecular formula is C20H20FN7. The van der Waals surface area contributed by atoms with E-state index >= 15 is 0 Å². The van der Waals surface area contributed by atoms with Gasteiger partial charge in [-0.25, -0.2) is 24.9 Å². The van der Waals surface area contributed by atoms with Crippen LogP contribution in [0.4, 0.5) is 15.9 Å². The highest BCUT2D eigenvalue weighted by molar-refractivity contribution is 5.58. The van der Waals surface area contributed by atoms with Gasteiger partial charge in [-0.2, -0.15) is 4.39 Å². The molecule has 0 amide bonds. The largest absolute Gasteiger partial charge is 0.371 e. The number of hydrogen-bond donors (Lipinski definition) is 0. The highest BCUT2D eigenvalue weighted by atomic mass is 19.1. The van der Waals surface area contributed by atoms with E-state index in [0.717, 1.165) is 49.4 Å². The number of nitrogens with zero attached hydrogens (tertiary/aromatic N) is 7. The minimum atomic E-state index is -0.440. The summed E-state index contributed by atoms with van der Waals surface area (Å²) in [6.45, 7) is 4.74. The van der Waals surface area contributed by atoms with Crippen LogP contribution in [0.15, 0.2) is 36.8 Å². The molecular weight excluding hydrogens is 357 g/mol. The number of anilines is 2. The minimum absolute atomic E-state index is 0.00744. The first-order chi connectivity index (χ1) is 13.7. The number of pyridine rings is 1. The van der Waals surface area contributed by atoms with E-state index in [0.29, 0.717) is 17.5 Å². The van der Waals surface area contributed by atoms with Gasteiger partial charge in [-0.05, 0) is 19.4 Å². The van der Waals surface area contributed by atoms with E-state index in [4.69, 9.17) is 0 Å². The molecule has 5 rings (SSSR count). The Morgan fingerprint density at radius 2 is 1.82 bits per heavy atom. The summed E-state index contributed by atoms with van der Waals surface area (Å²) in [4.78, 5) is 26.0. The van der Waals surface area contributed by atoms with Crippen LogP contribution in [0.2, 0.25) is 0 Å². The predicted molar refractivity (Wildman–Crippen MR) is 104 cm³/mol. The number of halogens is 1. The molecule has 1 unspecified atom stereocenters. The Hall–Kier alpha value is -3.16. The van der Waals surface area contributed by atoms with Crippen molar-refractivity contribution in [3.8, 4) is 11.6 Å². The van der Waals surface area contributed by atoms with Crippen LogP contribution in [0.1, 0.15) is 30.6 Å². The van der Waals surface area contributed by atoms with E-state index in [1.165, 1.54) is 6.07 Å². The van der Waals surface area contributed by atoms with Crippen molar-refractivity contribution in [3.05, 3.63) is 54.0 Å². The van der Waals surface area contributed by atoms with Crippen LogP contribution in [0, 0.1) is 5.95 Å². The fraction of sp³-hybridized carbons (Fsp3) is 0.350. The topological polar surface area (TPSA) is 70.9 Å². The van der Waals surface area contributed by atoms with Crippen LogP contribution in [-0.2, 0) is 6.42 Å². The van der Waals surface area contributed by atoms with Gasteiger partial charge in [0.15, 0.2) is 11.6 Å². The molecule has 0 N–H and O–H groups in total. The van der Waals surface area contributed by atoms with Crippen molar-refractivity contribution in [1.82, 2.24) is 24.9 Å². The van der Waals surface area contributed by atoms with E-state index in [-0.39, 0.29) is 6.04 Å². The normalized spacial score (nSPS) is 18.6. The summed E-state index contributed by atoms with van der Waals surface area (Å²) in [5, 5.41) is 0. The molecule has 1 fully saturated rings. The van der Waals surface area contributed by atoms with E-state index in [1.54, 1.807) is 18.5 Å². The van der Waals surface area contributed by atoms with Crippen LogP contribution in [0.25, 0.3) is 11.6 Å². The number of fused-ring (bicyclic) bond motifs is 1. The molecule has 2 aliphatic heterocycles. The zero-order valence-corrected chi connectivity index (χ0v) is 15.6. The van der Waals surface area contributed by atoms with Gasteiger partial charge in [0.2, 0.25) is 5.95 Å². The monoisotopic (exact) mass is 377 g/mol. The summed E-state index contributed by atoms with van der Waals surface area (Å²) >= 11 is 0. The fourth-order valence-corrected chi connectivity index (χ4v) is 3.77. The van der Waals surface area contributed by atoms with E-state index in [9.17, 15) is 4.39 Å². The van der Waals surface area contributed by atoms with Gasteiger partial charge in [-0.1, -0.05) is 0 Å². The summed E-state index contributed by atoms with van der Waals surface area (Å²) in [6.07, 6.45) is 7.08. The Kier molecular flexibility index (Phi) is 4.11. The van der Waals surface area contributed by atoms with Crippen LogP contribution in [-0.4, -0.2) is 44.6 Å². The second-order valence-corrected chi connectivity index (χ2v) is 7.13. The maximum Gasteiger partial charge on any atom is 0.216 e. The molecule has 5 heterocycles. The van der Waals surface area contributed by atoms with Gasteiger partial charge in [-0.15, -0.1) is 0 Å². The van der Waals surface area contributed by atoms with E-state index in [2.05, 4.69) is 41.6 Å². The Balaban J connectivity index is 1.46. The number of rotatable bonds is 3. The van der Waals surface area contributed by atoms with Crippen LogP contribution in [0.5, 0.6) is 0 Å². The van der Waals surface area contributed by atoms with Gasteiger partial charge in [-0.3, -0.25) is 0 Å². The lowest BCUT2D eigenvalue weighted by Crippen LogP contribution is -2.38.